The Hall–Kier alpha value is -0.900. The average Bonchev–Trinajstić information content (AvgIpc) is 2.55. The number of amides is 1. The van der Waals surface area contributed by atoms with E-state index in [0.29, 0.717) is 0 Å². The summed E-state index contributed by atoms with van der Waals surface area (Å²) in [5.74, 6) is 0.349. The Morgan fingerprint density at radius 2 is 2.31 bits per heavy atom. The molecule has 1 aromatic heterocycles. The molecule has 1 amide bonds. The van der Waals surface area contributed by atoms with Gasteiger partial charge in [-0.15, -0.1) is 11.3 Å². The number of fused-ring (bicyclic) bond motifs is 1. The highest BCUT2D eigenvalue weighted by atomic mass is 32.1. The summed E-state index contributed by atoms with van der Waals surface area (Å²) in [7, 11) is 0. The van der Waals surface area contributed by atoms with Gasteiger partial charge in [0, 0.05) is 16.8 Å². The van der Waals surface area contributed by atoms with Crippen LogP contribution in [0.2, 0.25) is 0 Å². The number of carbonyl (C=O) groups excluding carboxylic acids is 1. The lowest BCUT2D eigenvalue weighted by Crippen LogP contribution is -2.37. The highest BCUT2D eigenvalue weighted by Crippen LogP contribution is 2.29. The van der Waals surface area contributed by atoms with E-state index in [1.165, 1.54) is 10.6 Å². The van der Waals surface area contributed by atoms with E-state index in [1.807, 2.05) is 20.8 Å². The normalized spacial score (nSPS) is 19.6. The molecule has 1 heterocycles. The van der Waals surface area contributed by atoms with Crippen molar-refractivity contribution in [2.75, 3.05) is 0 Å². The predicted octanol–water partition coefficient (Wildman–Crippen LogP) is 2.08. The first-order valence-corrected chi connectivity index (χ1v) is 6.63. The van der Waals surface area contributed by atoms with Gasteiger partial charge >= 0.3 is 0 Å². The Kier molecular flexibility index (Phi) is 3.28. The van der Waals surface area contributed by atoms with Crippen LogP contribution in [0.15, 0.2) is 0 Å². The van der Waals surface area contributed by atoms with E-state index in [-0.39, 0.29) is 17.9 Å². The van der Waals surface area contributed by atoms with E-state index in [0.717, 1.165) is 24.3 Å². The van der Waals surface area contributed by atoms with Gasteiger partial charge in [-0.1, -0.05) is 0 Å². The lowest BCUT2D eigenvalue weighted by atomic mass is 9.90. The minimum absolute atomic E-state index is 0.148. The molecular formula is C12H18N2OS. The molecule has 1 atom stereocenters. The van der Waals surface area contributed by atoms with E-state index in [1.54, 1.807) is 11.3 Å². The lowest BCUT2D eigenvalue weighted by molar-refractivity contribution is -0.125. The first-order chi connectivity index (χ1) is 7.56. The zero-order valence-electron chi connectivity index (χ0n) is 10.0. The molecule has 88 valence electrons. The van der Waals surface area contributed by atoms with E-state index in [4.69, 9.17) is 0 Å². The van der Waals surface area contributed by atoms with Crippen molar-refractivity contribution in [1.82, 2.24) is 10.3 Å². The summed E-state index contributed by atoms with van der Waals surface area (Å²) in [6.07, 6.45) is 2.77. The highest BCUT2D eigenvalue weighted by Gasteiger charge is 2.27. The zero-order chi connectivity index (χ0) is 11.7. The Morgan fingerprint density at radius 1 is 1.56 bits per heavy atom. The van der Waals surface area contributed by atoms with Crippen molar-refractivity contribution < 1.29 is 4.79 Å². The smallest absolute Gasteiger partial charge is 0.223 e. The monoisotopic (exact) mass is 238 g/mol. The van der Waals surface area contributed by atoms with Crippen molar-refractivity contribution in [2.24, 2.45) is 5.92 Å². The van der Waals surface area contributed by atoms with Crippen LogP contribution in [0.1, 0.15) is 35.8 Å². The van der Waals surface area contributed by atoms with Gasteiger partial charge in [-0.05, 0) is 40.0 Å². The Morgan fingerprint density at radius 3 is 3.00 bits per heavy atom. The molecule has 4 heteroatoms. The molecular weight excluding hydrogens is 220 g/mol. The van der Waals surface area contributed by atoms with Gasteiger partial charge in [0.2, 0.25) is 5.91 Å². The molecule has 0 aliphatic heterocycles. The summed E-state index contributed by atoms with van der Waals surface area (Å²) in [5.41, 5.74) is 1.22. The number of aryl methyl sites for hydroxylation is 2. The van der Waals surface area contributed by atoms with Crippen molar-refractivity contribution in [1.29, 1.82) is 0 Å². The van der Waals surface area contributed by atoms with Crippen LogP contribution in [-0.2, 0) is 17.6 Å². The summed E-state index contributed by atoms with van der Waals surface area (Å²) >= 11 is 1.74. The second-order valence-corrected chi connectivity index (χ2v) is 5.99. The lowest BCUT2D eigenvalue weighted by Gasteiger charge is -2.21. The Labute approximate surface area is 100 Å². The molecule has 0 spiro atoms. The quantitative estimate of drug-likeness (QED) is 0.857. The van der Waals surface area contributed by atoms with Crippen molar-refractivity contribution >= 4 is 17.2 Å². The SMILES string of the molecule is Cc1nc2c(s1)CC(C(=O)NC(C)C)CC2. The fourth-order valence-corrected chi connectivity index (χ4v) is 3.19. The molecule has 0 saturated carbocycles. The molecule has 0 radical (unpaired) electrons. The number of hydrogen-bond acceptors (Lipinski definition) is 3. The van der Waals surface area contributed by atoms with E-state index < -0.39 is 0 Å². The molecule has 0 aromatic carbocycles. The van der Waals surface area contributed by atoms with E-state index >= 15 is 0 Å². The molecule has 1 aliphatic rings. The minimum Gasteiger partial charge on any atom is -0.354 e. The third-order valence-electron chi connectivity index (χ3n) is 2.85. The third-order valence-corrected chi connectivity index (χ3v) is 3.88. The number of carbonyl (C=O) groups is 1. The predicted molar refractivity (Wildman–Crippen MR) is 65.6 cm³/mol. The highest BCUT2D eigenvalue weighted by molar-refractivity contribution is 7.11. The standard InChI is InChI=1S/C12H18N2OS/c1-7(2)13-12(15)9-4-5-10-11(6-9)16-8(3)14-10/h7,9H,4-6H2,1-3H3,(H,13,15). The first-order valence-electron chi connectivity index (χ1n) is 5.82. The molecule has 1 N–H and O–H groups in total. The molecule has 1 aromatic rings. The topological polar surface area (TPSA) is 42.0 Å². The van der Waals surface area contributed by atoms with Gasteiger partial charge in [-0.3, -0.25) is 4.79 Å². The number of rotatable bonds is 2. The van der Waals surface area contributed by atoms with Crippen LogP contribution in [0, 0.1) is 12.8 Å². The maximum atomic E-state index is 11.9. The van der Waals surface area contributed by atoms with Crippen LogP contribution < -0.4 is 5.32 Å². The van der Waals surface area contributed by atoms with E-state index in [9.17, 15) is 4.79 Å². The van der Waals surface area contributed by atoms with Crippen LogP contribution in [0.25, 0.3) is 0 Å². The number of aromatic nitrogens is 1. The molecule has 0 fully saturated rings. The van der Waals surface area contributed by atoms with Gasteiger partial charge in [0.05, 0.1) is 10.7 Å². The van der Waals surface area contributed by atoms with Gasteiger partial charge in [-0.25, -0.2) is 4.98 Å². The number of nitrogens with zero attached hydrogens (tertiary/aromatic N) is 1. The molecule has 2 rings (SSSR count). The largest absolute Gasteiger partial charge is 0.354 e. The summed E-state index contributed by atoms with van der Waals surface area (Å²) in [6.45, 7) is 6.04. The first kappa shape index (κ1) is 11.6. The fourth-order valence-electron chi connectivity index (χ4n) is 2.13. The number of thiazole rings is 1. The maximum Gasteiger partial charge on any atom is 0.223 e. The van der Waals surface area contributed by atoms with Crippen molar-refractivity contribution in [2.45, 2.75) is 46.1 Å². The van der Waals surface area contributed by atoms with Crippen molar-refractivity contribution in [3.63, 3.8) is 0 Å². The molecule has 3 nitrogen and oxygen atoms in total. The second kappa shape index (κ2) is 4.53. The Bertz CT molecular complexity index is 398. The summed E-state index contributed by atoms with van der Waals surface area (Å²) < 4.78 is 0. The van der Waals surface area contributed by atoms with Gasteiger partial charge in [-0.2, -0.15) is 0 Å². The summed E-state index contributed by atoms with van der Waals surface area (Å²) in [4.78, 5) is 17.7. The third kappa shape index (κ3) is 2.43. The maximum absolute atomic E-state index is 11.9. The zero-order valence-corrected chi connectivity index (χ0v) is 10.9. The molecule has 1 unspecified atom stereocenters. The summed E-state index contributed by atoms with van der Waals surface area (Å²) in [5, 5.41) is 4.12. The molecule has 1 aliphatic carbocycles. The van der Waals surface area contributed by atoms with Gasteiger partial charge < -0.3 is 5.32 Å². The van der Waals surface area contributed by atoms with Gasteiger partial charge in [0.15, 0.2) is 0 Å². The fraction of sp³-hybridized carbons (Fsp3) is 0.667. The number of nitrogens with one attached hydrogen (secondary N) is 1. The van der Waals surface area contributed by atoms with Crippen molar-refractivity contribution in [3.05, 3.63) is 15.6 Å². The van der Waals surface area contributed by atoms with Crippen LogP contribution in [0.5, 0.6) is 0 Å². The van der Waals surface area contributed by atoms with Crippen molar-refractivity contribution in [3.8, 4) is 0 Å². The average molecular weight is 238 g/mol. The second-order valence-electron chi connectivity index (χ2n) is 4.71. The molecule has 0 bridgehead atoms. The summed E-state index contributed by atoms with van der Waals surface area (Å²) in [6, 6.07) is 0.233. The Balaban J connectivity index is 2.04. The van der Waals surface area contributed by atoms with Crippen LogP contribution in [0.4, 0.5) is 0 Å². The minimum atomic E-state index is 0.148. The van der Waals surface area contributed by atoms with Crippen LogP contribution in [0.3, 0.4) is 0 Å². The molecule has 16 heavy (non-hydrogen) atoms. The van der Waals surface area contributed by atoms with Crippen LogP contribution in [-0.4, -0.2) is 16.9 Å². The van der Waals surface area contributed by atoms with Crippen LogP contribution >= 0.6 is 11.3 Å². The number of hydrogen-bond donors (Lipinski definition) is 1. The van der Waals surface area contributed by atoms with Gasteiger partial charge in [0.1, 0.15) is 0 Å². The van der Waals surface area contributed by atoms with E-state index in [2.05, 4.69) is 10.3 Å². The van der Waals surface area contributed by atoms with Gasteiger partial charge in [0.25, 0.3) is 0 Å². The molecule has 0 saturated heterocycles.